The number of esters is 4. The third kappa shape index (κ3) is 12.7. The molecule has 0 aliphatic carbocycles. The van der Waals surface area contributed by atoms with E-state index in [1.54, 1.807) is 25.1 Å². The Morgan fingerprint density at radius 1 is 0.861 bits per heavy atom. The minimum atomic E-state index is -0.734. The molecule has 36 heavy (non-hydrogen) atoms. The van der Waals surface area contributed by atoms with Gasteiger partial charge in [-0.1, -0.05) is 54.5 Å². The quantitative estimate of drug-likeness (QED) is 0.254. The van der Waals surface area contributed by atoms with Gasteiger partial charge in [0.2, 0.25) is 0 Å². The van der Waals surface area contributed by atoms with Gasteiger partial charge in [-0.25, -0.2) is 0 Å². The van der Waals surface area contributed by atoms with E-state index in [0.29, 0.717) is 5.56 Å². The minimum absolute atomic E-state index is 0.101. The van der Waals surface area contributed by atoms with Gasteiger partial charge in [-0.05, 0) is 34.9 Å². The zero-order chi connectivity index (χ0) is 27.5. The van der Waals surface area contributed by atoms with Gasteiger partial charge in [-0.3, -0.25) is 19.2 Å². The molecule has 1 aromatic rings. The lowest BCUT2D eigenvalue weighted by Crippen LogP contribution is -2.41. The molecular formula is C27H41NO8. The van der Waals surface area contributed by atoms with Gasteiger partial charge in [0.25, 0.3) is 0 Å². The highest BCUT2D eigenvalue weighted by molar-refractivity contribution is 5.78. The molecule has 9 nitrogen and oxygen atoms in total. The molecule has 0 saturated carbocycles. The third-order valence-corrected chi connectivity index (χ3v) is 4.78. The minimum Gasteiger partial charge on any atom is -0.468 e. The molecule has 0 amide bonds. The summed E-state index contributed by atoms with van der Waals surface area (Å²) in [6.07, 6.45) is 0.814. The second-order valence-electron chi connectivity index (χ2n) is 11.0. The van der Waals surface area contributed by atoms with E-state index < -0.39 is 23.9 Å². The Morgan fingerprint density at radius 2 is 1.42 bits per heavy atom. The van der Waals surface area contributed by atoms with Crippen molar-refractivity contribution in [1.82, 2.24) is 5.32 Å². The second-order valence-corrected chi connectivity index (χ2v) is 11.0. The van der Waals surface area contributed by atoms with Crippen molar-refractivity contribution in [2.45, 2.75) is 80.2 Å². The summed E-state index contributed by atoms with van der Waals surface area (Å²) in [5.41, 5.74) is 0.0850. The molecule has 0 aromatic heterocycles. The summed E-state index contributed by atoms with van der Waals surface area (Å²) in [6.45, 7) is 13.6. The van der Waals surface area contributed by atoms with Crippen molar-refractivity contribution >= 4 is 23.9 Å². The summed E-state index contributed by atoms with van der Waals surface area (Å²) in [5, 5.41) is 3.02. The average molecular weight is 508 g/mol. The van der Waals surface area contributed by atoms with Crippen LogP contribution in [0.4, 0.5) is 0 Å². The molecule has 1 N–H and O–H groups in total. The van der Waals surface area contributed by atoms with Crippen LogP contribution >= 0.6 is 0 Å². The van der Waals surface area contributed by atoms with Crippen LogP contribution in [-0.4, -0.2) is 50.2 Å². The van der Waals surface area contributed by atoms with Crippen LogP contribution < -0.4 is 14.8 Å². The van der Waals surface area contributed by atoms with Gasteiger partial charge in [0, 0.05) is 13.0 Å². The van der Waals surface area contributed by atoms with Gasteiger partial charge >= 0.3 is 23.9 Å². The van der Waals surface area contributed by atoms with Crippen molar-refractivity contribution in [3.8, 4) is 11.5 Å². The van der Waals surface area contributed by atoms with Crippen molar-refractivity contribution in [1.29, 1.82) is 0 Å². The SMILES string of the molecule is CCC(=O)OCCN[C@@H](Cc1ccc(OC(=O)CC(C)(C)C)c(OC(=O)CC(C)(C)C)c1)C(=O)OC. The molecule has 1 rings (SSSR count). The molecule has 0 saturated heterocycles. The van der Waals surface area contributed by atoms with Crippen LogP contribution in [0, 0.1) is 10.8 Å². The van der Waals surface area contributed by atoms with Gasteiger partial charge in [-0.15, -0.1) is 0 Å². The molecule has 0 spiro atoms. The fourth-order valence-electron chi connectivity index (χ4n) is 3.14. The number of carbonyl (C=O) groups is 4. The Kier molecular flexibility index (Phi) is 12.1. The first-order valence-corrected chi connectivity index (χ1v) is 12.1. The predicted molar refractivity (Wildman–Crippen MR) is 135 cm³/mol. The first-order valence-electron chi connectivity index (χ1n) is 12.1. The van der Waals surface area contributed by atoms with E-state index >= 15 is 0 Å². The van der Waals surface area contributed by atoms with Gasteiger partial charge in [0.15, 0.2) is 11.5 Å². The number of ether oxygens (including phenoxy) is 4. The fraction of sp³-hybridized carbons (Fsp3) is 0.630. The lowest BCUT2D eigenvalue weighted by molar-refractivity contribution is -0.144. The summed E-state index contributed by atoms with van der Waals surface area (Å²) in [6, 6.07) is 4.08. The van der Waals surface area contributed by atoms with Crippen LogP contribution in [0.3, 0.4) is 0 Å². The number of methoxy groups -OCH3 is 1. The molecule has 9 heteroatoms. The Bertz CT molecular complexity index is 911. The van der Waals surface area contributed by atoms with E-state index in [2.05, 4.69) is 5.32 Å². The fourth-order valence-corrected chi connectivity index (χ4v) is 3.14. The molecule has 0 heterocycles. The number of benzene rings is 1. The van der Waals surface area contributed by atoms with Crippen LogP contribution in [-0.2, 0) is 35.1 Å². The Balaban J connectivity index is 3.11. The molecule has 0 radical (unpaired) electrons. The van der Waals surface area contributed by atoms with E-state index in [1.165, 1.54) is 7.11 Å². The lowest BCUT2D eigenvalue weighted by Gasteiger charge is -2.20. The predicted octanol–water partition coefficient (Wildman–Crippen LogP) is 4.00. The monoisotopic (exact) mass is 507 g/mol. The zero-order valence-corrected chi connectivity index (χ0v) is 22.8. The third-order valence-electron chi connectivity index (χ3n) is 4.78. The van der Waals surface area contributed by atoms with Crippen LogP contribution in [0.25, 0.3) is 0 Å². The number of hydrogen-bond donors (Lipinski definition) is 1. The highest BCUT2D eigenvalue weighted by Crippen LogP contribution is 2.32. The van der Waals surface area contributed by atoms with E-state index in [-0.39, 0.29) is 67.1 Å². The molecule has 1 aromatic carbocycles. The summed E-state index contributed by atoms with van der Waals surface area (Å²) in [4.78, 5) is 48.6. The molecular weight excluding hydrogens is 466 g/mol. The number of hydrogen-bond acceptors (Lipinski definition) is 9. The Labute approximate surface area is 214 Å². The van der Waals surface area contributed by atoms with E-state index in [0.717, 1.165) is 0 Å². The zero-order valence-electron chi connectivity index (χ0n) is 22.8. The first-order chi connectivity index (χ1) is 16.6. The molecule has 202 valence electrons. The van der Waals surface area contributed by atoms with Crippen LogP contribution in [0.2, 0.25) is 0 Å². The summed E-state index contributed by atoms with van der Waals surface area (Å²) in [5.74, 6) is -1.51. The van der Waals surface area contributed by atoms with Crippen molar-refractivity contribution in [3.05, 3.63) is 23.8 Å². The van der Waals surface area contributed by atoms with Gasteiger partial charge in [0.1, 0.15) is 12.6 Å². The highest BCUT2D eigenvalue weighted by Gasteiger charge is 2.24. The topological polar surface area (TPSA) is 117 Å². The van der Waals surface area contributed by atoms with E-state index in [4.69, 9.17) is 18.9 Å². The average Bonchev–Trinajstić information content (AvgIpc) is 2.74. The van der Waals surface area contributed by atoms with Gasteiger partial charge in [0.05, 0.1) is 20.0 Å². The second kappa shape index (κ2) is 14.0. The van der Waals surface area contributed by atoms with Crippen LogP contribution in [0.15, 0.2) is 18.2 Å². The Hall–Kier alpha value is -2.94. The molecule has 0 aliphatic rings. The number of rotatable bonds is 12. The van der Waals surface area contributed by atoms with Crippen molar-refractivity contribution in [2.75, 3.05) is 20.3 Å². The molecule has 0 unspecified atom stereocenters. The first kappa shape index (κ1) is 31.1. The highest BCUT2D eigenvalue weighted by atomic mass is 16.6. The lowest BCUT2D eigenvalue weighted by atomic mass is 9.92. The number of nitrogens with one attached hydrogen (secondary N) is 1. The van der Waals surface area contributed by atoms with E-state index in [9.17, 15) is 19.2 Å². The standard InChI is InChI=1S/C27H41NO8/c1-9-22(29)34-13-12-28-19(25(32)33-8)14-18-10-11-20(35-23(30)16-26(2,3)4)21(15-18)36-24(31)17-27(5,6)7/h10-11,15,19,28H,9,12-14,16-17H2,1-8H3/t19-/m0/s1. The smallest absolute Gasteiger partial charge is 0.323 e. The van der Waals surface area contributed by atoms with Gasteiger partial charge < -0.3 is 24.3 Å². The molecule has 0 fully saturated rings. The summed E-state index contributed by atoms with van der Waals surface area (Å²) >= 11 is 0. The Morgan fingerprint density at radius 3 is 1.92 bits per heavy atom. The molecule has 0 bridgehead atoms. The summed E-state index contributed by atoms with van der Waals surface area (Å²) in [7, 11) is 1.28. The maximum atomic E-state index is 12.5. The molecule has 1 atom stereocenters. The summed E-state index contributed by atoms with van der Waals surface area (Å²) < 4.78 is 21.0. The number of carbonyl (C=O) groups excluding carboxylic acids is 4. The van der Waals surface area contributed by atoms with Crippen LogP contribution in [0.5, 0.6) is 11.5 Å². The normalized spacial score (nSPS) is 12.4. The largest absolute Gasteiger partial charge is 0.468 e. The maximum absolute atomic E-state index is 12.5. The van der Waals surface area contributed by atoms with E-state index in [1.807, 2.05) is 41.5 Å². The molecule has 0 aliphatic heterocycles. The van der Waals surface area contributed by atoms with Crippen molar-refractivity contribution < 1.29 is 38.1 Å². The maximum Gasteiger partial charge on any atom is 0.323 e. The van der Waals surface area contributed by atoms with Gasteiger partial charge in [-0.2, -0.15) is 0 Å². The van der Waals surface area contributed by atoms with Crippen molar-refractivity contribution in [2.24, 2.45) is 10.8 Å². The van der Waals surface area contributed by atoms with Crippen molar-refractivity contribution in [3.63, 3.8) is 0 Å². The van der Waals surface area contributed by atoms with Crippen LogP contribution in [0.1, 0.15) is 73.3 Å².